The predicted octanol–water partition coefficient (Wildman–Crippen LogP) is 1.62. The van der Waals surface area contributed by atoms with Gasteiger partial charge in [-0.2, -0.15) is 11.8 Å². The van der Waals surface area contributed by atoms with Crippen LogP contribution in [0.15, 0.2) is 0 Å². The van der Waals surface area contributed by atoms with E-state index >= 15 is 0 Å². The SMILES string of the molecule is CCCCOCC(O)CSCC(C)C(=O)O. The molecule has 0 aliphatic rings. The summed E-state index contributed by atoms with van der Waals surface area (Å²) in [6.45, 7) is 4.78. The number of thioether (sulfide) groups is 1. The highest BCUT2D eigenvalue weighted by molar-refractivity contribution is 7.99. The van der Waals surface area contributed by atoms with Crippen molar-refractivity contribution in [1.82, 2.24) is 0 Å². The number of carbonyl (C=O) groups is 1. The lowest BCUT2D eigenvalue weighted by Crippen LogP contribution is -2.20. The lowest BCUT2D eigenvalue weighted by Gasteiger charge is -2.11. The molecule has 0 spiro atoms. The number of aliphatic carboxylic acids is 1. The Kier molecular flexibility index (Phi) is 9.77. The second-order valence-corrected chi connectivity index (χ2v) is 4.93. The van der Waals surface area contributed by atoms with E-state index in [1.807, 2.05) is 0 Å². The highest BCUT2D eigenvalue weighted by Gasteiger charge is 2.12. The Morgan fingerprint density at radius 1 is 1.44 bits per heavy atom. The zero-order valence-corrected chi connectivity index (χ0v) is 10.8. The summed E-state index contributed by atoms with van der Waals surface area (Å²) in [6, 6.07) is 0. The molecule has 0 aromatic carbocycles. The van der Waals surface area contributed by atoms with Crippen molar-refractivity contribution in [3.8, 4) is 0 Å². The highest BCUT2D eigenvalue weighted by atomic mass is 32.2. The molecule has 0 aromatic heterocycles. The van der Waals surface area contributed by atoms with Gasteiger partial charge in [-0.15, -0.1) is 0 Å². The van der Waals surface area contributed by atoms with Crippen LogP contribution < -0.4 is 0 Å². The van der Waals surface area contributed by atoms with Crippen LogP contribution in [0.25, 0.3) is 0 Å². The van der Waals surface area contributed by atoms with Crippen molar-refractivity contribution < 1.29 is 19.7 Å². The molecule has 0 saturated carbocycles. The molecule has 0 aromatic rings. The monoisotopic (exact) mass is 250 g/mol. The molecule has 16 heavy (non-hydrogen) atoms. The van der Waals surface area contributed by atoms with Gasteiger partial charge in [0.05, 0.1) is 18.6 Å². The van der Waals surface area contributed by atoms with Crippen LogP contribution in [-0.4, -0.2) is 47.0 Å². The molecule has 2 N–H and O–H groups in total. The average molecular weight is 250 g/mol. The maximum Gasteiger partial charge on any atom is 0.307 e. The number of carboxylic acid groups (broad SMARTS) is 1. The standard InChI is InChI=1S/C11H22O4S/c1-3-4-5-15-6-10(12)8-16-7-9(2)11(13)14/h9-10,12H,3-8H2,1-2H3,(H,13,14). The van der Waals surface area contributed by atoms with E-state index in [4.69, 9.17) is 9.84 Å². The van der Waals surface area contributed by atoms with Gasteiger partial charge in [0.15, 0.2) is 0 Å². The second kappa shape index (κ2) is 9.93. The smallest absolute Gasteiger partial charge is 0.307 e. The minimum atomic E-state index is -0.791. The van der Waals surface area contributed by atoms with Gasteiger partial charge in [0.1, 0.15) is 0 Å². The van der Waals surface area contributed by atoms with Gasteiger partial charge in [-0.25, -0.2) is 0 Å². The number of aliphatic hydroxyl groups is 1. The Morgan fingerprint density at radius 3 is 2.69 bits per heavy atom. The molecule has 0 amide bonds. The molecule has 2 atom stereocenters. The van der Waals surface area contributed by atoms with Crippen molar-refractivity contribution in [2.75, 3.05) is 24.7 Å². The highest BCUT2D eigenvalue weighted by Crippen LogP contribution is 2.10. The van der Waals surface area contributed by atoms with Crippen molar-refractivity contribution >= 4 is 17.7 Å². The summed E-state index contributed by atoms with van der Waals surface area (Å²) in [4.78, 5) is 10.5. The first kappa shape index (κ1) is 15.7. The van der Waals surface area contributed by atoms with E-state index in [2.05, 4.69) is 6.92 Å². The van der Waals surface area contributed by atoms with E-state index in [1.54, 1.807) is 6.92 Å². The Hall–Kier alpha value is -0.260. The lowest BCUT2D eigenvalue weighted by molar-refractivity contribution is -0.140. The summed E-state index contributed by atoms with van der Waals surface area (Å²) >= 11 is 1.45. The van der Waals surface area contributed by atoms with Crippen molar-refractivity contribution in [3.63, 3.8) is 0 Å². The minimum Gasteiger partial charge on any atom is -0.481 e. The van der Waals surface area contributed by atoms with Crippen LogP contribution >= 0.6 is 11.8 Å². The van der Waals surface area contributed by atoms with Gasteiger partial charge >= 0.3 is 5.97 Å². The van der Waals surface area contributed by atoms with Crippen LogP contribution in [0.1, 0.15) is 26.7 Å². The average Bonchev–Trinajstić information content (AvgIpc) is 2.24. The van der Waals surface area contributed by atoms with Crippen LogP contribution in [0.4, 0.5) is 0 Å². The molecule has 0 saturated heterocycles. The molecule has 0 fully saturated rings. The molecule has 2 unspecified atom stereocenters. The van der Waals surface area contributed by atoms with Crippen LogP contribution in [0.2, 0.25) is 0 Å². The Bertz CT molecular complexity index is 187. The normalized spacial score (nSPS) is 14.7. The third-order valence-electron chi connectivity index (χ3n) is 2.05. The summed E-state index contributed by atoms with van der Waals surface area (Å²) in [6.07, 6.45) is 1.60. The first-order valence-electron chi connectivity index (χ1n) is 5.64. The molecule has 0 radical (unpaired) electrons. The Morgan fingerprint density at radius 2 is 2.12 bits per heavy atom. The van der Waals surface area contributed by atoms with Crippen LogP contribution in [0.5, 0.6) is 0 Å². The molecule has 96 valence electrons. The van der Waals surface area contributed by atoms with E-state index in [1.165, 1.54) is 11.8 Å². The van der Waals surface area contributed by atoms with E-state index < -0.39 is 12.1 Å². The number of ether oxygens (including phenoxy) is 1. The van der Waals surface area contributed by atoms with Crippen LogP contribution in [0, 0.1) is 5.92 Å². The molecule has 0 heterocycles. The van der Waals surface area contributed by atoms with Crippen molar-refractivity contribution in [2.45, 2.75) is 32.8 Å². The molecular formula is C11H22O4S. The molecule has 0 rings (SSSR count). The molecule has 5 heteroatoms. The molecule has 0 aliphatic carbocycles. The number of hydrogen-bond acceptors (Lipinski definition) is 4. The van der Waals surface area contributed by atoms with Crippen molar-refractivity contribution in [2.24, 2.45) is 5.92 Å². The van der Waals surface area contributed by atoms with Crippen LogP contribution in [-0.2, 0) is 9.53 Å². The summed E-state index contributed by atoms with van der Waals surface area (Å²) in [5.74, 6) is -0.0927. The summed E-state index contributed by atoms with van der Waals surface area (Å²) in [7, 11) is 0. The number of carboxylic acids is 1. The van der Waals surface area contributed by atoms with Crippen molar-refractivity contribution in [1.29, 1.82) is 0 Å². The topological polar surface area (TPSA) is 66.8 Å². The zero-order valence-electron chi connectivity index (χ0n) is 10.0. The predicted molar refractivity (Wildman–Crippen MR) is 65.9 cm³/mol. The molecule has 0 aliphatic heterocycles. The Balaban J connectivity index is 3.36. The first-order chi connectivity index (χ1) is 7.57. The number of aliphatic hydroxyl groups excluding tert-OH is 1. The van der Waals surface area contributed by atoms with Gasteiger partial charge in [0.25, 0.3) is 0 Å². The minimum absolute atomic E-state index is 0.342. The van der Waals surface area contributed by atoms with Gasteiger partial charge in [0.2, 0.25) is 0 Å². The summed E-state index contributed by atoms with van der Waals surface area (Å²) < 4.78 is 5.26. The van der Waals surface area contributed by atoms with E-state index in [-0.39, 0.29) is 5.92 Å². The fourth-order valence-electron chi connectivity index (χ4n) is 0.966. The fraction of sp³-hybridized carbons (Fsp3) is 0.909. The fourth-order valence-corrected chi connectivity index (χ4v) is 1.97. The van der Waals surface area contributed by atoms with E-state index in [9.17, 15) is 9.90 Å². The van der Waals surface area contributed by atoms with E-state index in [0.717, 1.165) is 12.8 Å². The summed E-state index contributed by atoms with van der Waals surface area (Å²) in [5.41, 5.74) is 0. The van der Waals surface area contributed by atoms with Gasteiger partial charge in [0, 0.05) is 18.1 Å². The maximum atomic E-state index is 10.5. The number of hydrogen-bond donors (Lipinski definition) is 2. The van der Waals surface area contributed by atoms with Gasteiger partial charge in [-0.3, -0.25) is 4.79 Å². The molecule has 4 nitrogen and oxygen atoms in total. The summed E-state index contributed by atoms with van der Waals surface area (Å²) in [5, 5.41) is 18.2. The number of rotatable bonds is 10. The first-order valence-corrected chi connectivity index (χ1v) is 6.79. The molecular weight excluding hydrogens is 228 g/mol. The molecule has 0 bridgehead atoms. The Labute approximate surface area is 101 Å². The van der Waals surface area contributed by atoms with Crippen LogP contribution in [0.3, 0.4) is 0 Å². The maximum absolute atomic E-state index is 10.5. The zero-order chi connectivity index (χ0) is 12.4. The quantitative estimate of drug-likeness (QED) is 0.577. The second-order valence-electron chi connectivity index (χ2n) is 3.86. The van der Waals surface area contributed by atoms with Gasteiger partial charge < -0.3 is 14.9 Å². The van der Waals surface area contributed by atoms with Crippen molar-refractivity contribution in [3.05, 3.63) is 0 Å². The van der Waals surface area contributed by atoms with Gasteiger partial charge in [-0.1, -0.05) is 20.3 Å². The number of unbranched alkanes of at least 4 members (excludes halogenated alkanes) is 1. The third kappa shape index (κ3) is 9.00. The largest absolute Gasteiger partial charge is 0.481 e. The third-order valence-corrected chi connectivity index (χ3v) is 3.41. The lowest BCUT2D eigenvalue weighted by atomic mass is 10.2. The van der Waals surface area contributed by atoms with Gasteiger partial charge in [-0.05, 0) is 6.42 Å². The van der Waals surface area contributed by atoms with E-state index in [0.29, 0.717) is 24.7 Å².